The molecule has 1 fully saturated rings. The number of thioether (sulfide) groups is 1. The van der Waals surface area contributed by atoms with Crippen LogP contribution in [0.4, 0.5) is 4.79 Å². The fourth-order valence-corrected chi connectivity index (χ4v) is 9.59. The monoisotopic (exact) mass is 823 g/mol. The number of amides is 3. The van der Waals surface area contributed by atoms with Gasteiger partial charge in [0.1, 0.15) is 18.7 Å². The van der Waals surface area contributed by atoms with E-state index in [1.54, 1.807) is 22.6 Å². The fourth-order valence-electron chi connectivity index (χ4n) is 6.66. The van der Waals surface area contributed by atoms with Crippen LogP contribution in [-0.2, 0) is 39.9 Å². The molecule has 1 aliphatic heterocycles. The maximum Gasteiger partial charge on any atom is 0.407 e. The maximum absolute atomic E-state index is 13.7. The summed E-state index contributed by atoms with van der Waals surface area (Å²) in [7, 11) is 4.40. The van der Waals surface area contributed by atoms with Crippen molar-refractivity contribution in [3.05, 3.63) is 95.6 Å². The summed E-state index contributed by atoms with van der Waals surface area (Å²) in [6.45, 7) is 6.75. The van der Waals surface area contributed by atoms with E-state index < -0.39 is 54.3 Å². The van der Waals surface area contributed by atoms with Crippen LogP contribution in [0.25, 0.3) is 11.1 Å². The number of hydrogen-bond donors (Lipinski definition) is 3. The minimum absolute atomic E-state index is 0.0671. The summed E-state index contributed by atoms with van der Waals surface area (Å²) in [5.41, 5.74) is 5.40. The van der Waals surface area contributed by atoms with Gasteiger partial charge in [0.05, 0.1) is 25.9 Å². The molecule has 0 aromatic heterocycles. The number of esters is 1. The van der Waals surface area contributed by atoms with E-state index in [-0.39, 0.29) is 30.4 Å². The van der Waals surface area contributed by atoms with Crippen LogP contribution in [0, 0.1) is 0 Å². The Morgan fingerprint density at radius 2 is 1.54 bits per heavy atom. The summed E-state index contributed by atoms with van der Waals surface area (Å²) >= 11 is 1.56. The number of carbonyl (C=O) groups excluding carboxylic acids is 4. The third-order valence-corrected chi connectivity index (χ3v) is 13.4. The summed E-state index contributed by atoms with van der Waals surface area (Å²) in [4.78, 5) is 53.3. The zero-order valence-electron chi connectivity index (χ0n) is 32.6. The highest BCUT2D eigenvalue weighted by atomic mass is 33.1. The van der Waals surface area contributed by atoms with E-state index in [0.717, 1.165) is 27.8 Å². The highest BCUT2D eigenvalue weighted by molar-refractivity contribution is 8.77. The van der Waals surface area contributed by atoms with Crippen LogP contribution in [0.3, 0.4) is 0 Å². The van der Waals surface area contributed by atoms with E-state index in [1.165, 1.54) is 17.9 Å². The first-order valence-electron chi connectivity index (χ1n) is 18.8. The second-order valence-electron chi connectivity index (χ2n) is 14.7. The standard InChI is InChI=1S/C42H53N3O8S3/c1-42(2,3)56-55-26-35(45-41(49)52-25-33-31-17-11-9-15-29(31)30-16-10-12-18-32(30)33)38(46)43-23-28-19-20-36(51-24-27-13-7-6-8-14-27)37(53-28)39(47)44-34(21-22-54-5)40(48)50-4/h6-18,28,33-37H,19-26H2,1-5H3,(H,43,46)(H,44,47)(H,45,49)/t28-,34+,35+,36+,37+/m1/s1. The number of fused-ring (bicyclic) bond motifs is 3. The number of hydrogen-bond acceptors (Lipinski definition) is 11. The predicted molar refractivity (Wildman–Crippen MR) is 225 cm³/mol. The highest BCUT2D eigenvalue weighted by Gasteiger charge is 2.39. The molecule has 5 rings (SSSR count). The van der Waals surface area contributed by atoms with Gasteiger partial charge >= 0.3 is 12.1 Å². The lowest BCUT2D eigenvalue weighted by atomic mass is 9.98. The average molecular weight is 824 g/mol. The largest absolute Gasteiger partial charge is 0.467 e. The topological polar surface area (TPSA) is 141 Å². The van der Waals surface area contributed by atoms with Crippen molar-refractivity contribution in [2.75, 3.05) is 38.0 Å². The summed E-state index contributed by atoms with van der Waals surface area (Å²) in [6.07, 6.45) is 0.477. The summed E-state index contributed by atoms with van der Waals surface area (Å²) < 4.78 is 23.2. The van der Waals surface area contributed by atoms with Crippen molar-refractivity contribution in [3.63, 3.8) is 0 Å². The van der Waals surface area contributed by atoms with Crippen LogP contribution < -0.4 is 16.0 Å². The minimum atomic E-state index is -1.04. The van der Waals surface area contributed by atoms with Gasteiger partial charge in [-0.1, -0.05) is 121 Å². The van der Waals surface area contributed by atoms with Gasteiger partial charge < -0.3 is 34.9 Å². The SMILES string of the molecule is COC(=O)[C@H](CCSC)NC(=O)[C@H]1O[C@@H](CNC(=O)[C@H](CSSC(C)(C)C)NC(=O)OCC2c3ccccc3-c3ccccc32)CC[C@@H]1OCc1ccccc1. The van der Waals surface area contributed by atoms with Crippen molar-refractivity contribution in [2.45, 2.75) is 87.7 Å². The second kappa shape index (κ2) is 21.2. The van der Waals surface area contributed by atoms with E-state index in [1.807, 2.05) is 60.9 Å². The van der Waals surface area contributed by atoms with Crippen LogP contribution in [0.5, 0.6) is 0 Å². The van der Waals surface area contributed by atoms with E-state index in [9.17, 15) is 19.2 Å². The molecule has 1 saturated heterocycles. The molecule has 0 bridgehead atoms. The first kappa shape index (κ1) is 43.4. The fraction of sp³-hybridized carbons (Fsp3) is 0.476. The quantitative estimate of drug-likeness (QED) is 0.0929. The number of carbonyl (C=O) groups is 4. The molecule has 302 valence electrons. The Labute approximate surface area is 342 Å². The van der Waals surface area contributed by atoms with Crippen molar-refractivity contribution in [2.24, 2.45) is 0 Å². The molecular weight excluding hydrogens is 771 g/mol. The summed E-state index contributed by atoms with van der Waals surface area (Å²) in [5.74, 6) is -0.586. The average Bonchev–Trinajstić information content (AvgIpc) is 3.52. The first-order chi connectivity index (χ1) is 27.0. The Morgan fingerprint density at radius 1 is 0.875 bits per heavy atom. The molecule has 56 heavy (non-hydrogen) atoms. The van der Waals surface area contributed by atoms with Gasteiger partial charge in [-0.15, -0.1) is 0 Å². The molecule has 3 aromatic carbocycles. The van der Waals surface area contributed by atoms with Gasteiger partial charge in [0, 0.05) is 23.0 Å². The van der Waals surface area contributed by atoms with Gasteiger partial charge in [0.15, 0.2) is 6.10 Å². The van der Waals surface area contributed by atoms with E-state index in [4.69, 9.17) is 18.9 Å². The van der Waals surface area contributed by atoms with Crippen molar-refractivity contribution in [3.8, 4) is 11.1 Å². The summed E-state index contributed by atoms with van der Waals surface area (Å²) in [6, 6.07) is 24.1. The molecular formula is C42H53N3O8S3. The number of methoxy groups -OCH3 is 1. The molecule has 3 amide bonds. The van der Waals surface area contributed by atoms with Crippen LogP contribution >= 0.6 is 33.3 Å². The van der Waals surface area contributed by atoms with Gasteiger partial charge in [-0.05, 0) is 59.1 Å². The Balaban J connectivity index is 1.22. The highest BCUT2D eigenvalue weighted by Crippen LogP contribution is 2.44. The second-order valence-corrected chi connectivity index (χ2v) is 18.9. The lowest BCUT2D eigenvalue weighted by Gasteiger charge is -2.36. The zero-order valence-corrected chi connectivity index (χ0v) is 35.1. The van der Waals surface area contributed by atoms with Crippen LogP contribution in [0.1, 0.15) is 62.6 Å². The molecule has 0 radical (unpaired) electrons. The predicted octanol–water partition coefficient (Wildman–Crippen LogP) is 6.73. The Kier molecular flexibility index (Phi) is 16.4. The maximum atomic E-state index is 13.7. The third kappa shape index (κ3) is 12.4. The van der Waals surface area contributed by atoms with E-state index in [0.29, 0.717) is 30.8 Å². The molecule has 11 nitrogen and oxygen atoms in total. The smallest absolute Gasteiger partial charge is 0.407 e. The summed E-state index contributed by atoms with van der Waals surface area (Å²) in [5, 5.41) is 8.57. The Morgan fingerprint density at radius 3 is 2.18 bits per heavy atom. The van der Waals surface area contributed by atoms with Crippen molar-refractivity contribution in [1.29, 1.82) is 0 Å². The molecule has 3 aromatic rings. The van der Waals surface area contributed by atoms with Crippen LogP contribution in [0.2, 0.25) is 0 Å². The normalized spacial score (nSPS) is 18.8. The van der Waals surface area contributed by atoms with E-state index >= 15 is 0 Å². The number of nitrogens with one attached hydrogen (secondary N) is 3. The lowest BCUT2D eigenvalue weighted by Crippen LogP contribution is -2.56. The molecule has 3 N–H and O–H groups in total. The van der Waals surface area contributed by atoms with Crippen molar-refractivity contribution < 1.29 is 38.1 Å². The van der Waals surface area contributed by atoms with Gasteiger partial charge in [-0.25, -0.2) is 9.59 Å². The third-order valence-electron chi connectivity index (χ3n) is 9.43. The van der Waals surface area contributed by atoms with Crippen LogP contribution in [0.15, 0.2) is 78.9 Å². The van der Waals surface area contributed by atoms with Crippen molar-refractivity contribution in [1.82, 2.24) is 16.0 Å². The molecule has 5 atom stereocenters. The van der Waals surface area contributed by atoms with Gasteiger partial charge in [0.25, 0.3) is 5.91 Å². The minimum Gasteiger partial charge on any atom is -0.467 e. The zero-order chi connectivity index (χ0) is 40.1. The molecule has 0 saturated carbocycles. The molecule has 14 heteroatoms. The van der Waals surface area contributed by atoms with Gasteiger partial charge in [0.2, 0.25) is 5.91 Å². The Bertz CT molecular complexity index is 1730. The van der Waals surface area contributed by atoms with E-state index in [2.05, 4.69) is 61.0 Å². The number of rotatable bonds is 18. The van der Waals surface area contributed by atoms with Gasteiger partial charge in [-0.2, -0.15) is 11.8 Å². The van der Waals surface area contributed by atoms with Gasteiger partial charge in [-0.3, -0.25) is 9.59 Å². The molecule has 2 aliphatic rings. The number of benzene rings is 3. The van der Waals surface area contributed by atoms with Crippen LogP contribution in [-0.4, -0.2) is 97.0 Å². The molecule has 1 heterocycles. The Hall–Kier alpha value is -3.69. The molecule has 1 aliphatic carbocycles. The molecule has 0 spiro atoms. The lowest BCUT2D eigenvalue weighted by molar-refractivity contribution is -0.169. The first-order valence-corrected chi connectivity index (χ1v) is 22.6. The van der Waals surface area contributed by atoms with Crippen molar-refractivity contribution >= 4 is 57.2 Å². The number of ether oxygens (including phenoxy) is 4. The number of alkyl carbamates (subject to hydrolysis) is 1. The molecule has 0 unspecified atom stereocenters.